The van der Waals surface area contributed by atoms with Gasteiger partial charge in [-0.1, -0.05) is 41.4 Å². The Bertz CT molecular complexity index is 797. The minimum absolute atomic E-state index is 0.00281. The highest BCUT2D eigenvalue weighted by Gasteiger charge is 2.70. The van der Waals surface area contributed by atoms with Crippen molar-refractivity contribution in [3.8, 4) is 0 Å². The van der Waals surface area contributed by atoms with Crippen LogP contribution in [0.2, 0.25) is 0 Å². The zero-order chi connectivity index (χ0) is 23.6. The minimum atomic E-state index is -1.42. The summed E-state index contributed by atoms with van der Waals surface area (Å²) in [6.45, 7) is 5.41. The third-order valence-corrected chi connectivity index (χ3v) is 8.77. The molecule has 2 bridgehead atoms. The van der Waals surface area contributed by atoms with Crippen LogP contribution in [0.25, 0.3) is 0 Å². The molecule has 0 amide bonds. The molecule has 0 spiro atoms. The van der Waals surface area contributed by atoms with E-state index < -0.39 is 28.1 Å². The molecule has 3 aliphatic rings. The van der Waals surface area contributed by atoms with E-state index in [0.29, 0.717) is 49.9 Å². The Morgan fingerprint density at radius 3 is 2.69 bits per heavy atom. The van der Waals surface area contributed by atoms with Crippen molar-refractivity contribution in [2.24, 2.45) is 5.41 Å². The second-order valence-electron chi connectivity index (χ2n) is 9.34. The number of carbonyl (C=O) groups excluding carboxylic acids is 2. The number of piperidine rings is 1. The van der Waals surface area contributed by atoms with Gasteiger partial charge in [0.15, 0.2) is 5.78 Å². The molecule has 1 aliphatic heterocycles. The number of allylic oxidation sites excluding steroid dienone is 2. The highest BCUT2D eigenvalue weighted by Crippen LogP contribution is 2.59. The molecule has 3 N–H and O–H groups in total. The Morgan fingerprint density at radius 2 is 2.09 bits per heavy atom. The molecule has 8 heteroatoms. The van der Waals surface area contributed by atoms with Crippen LogP contribution in [-0.2, 0) is 14.3 Å². The monoisotopic (exact) mass is 513 g/mol. The second-order valence-corrected chi connectivity index (χ2v) is 10.9. The van der Waals surface area contributed by atoms with E-state index in [1.165, 1.54) is 0 Å². The van der Waals surface area contributed by atoms with Crippen LogP contribution in [0.4, 0.5) is 0 Å². The van der Waals surface area contributed by atoms with E-state index in [9.17, 15) is 24.9 Å². The van der Waals surface area contributed by atoms with Gasteiger partial charge in [-0.15, -0.1) is 0 Å². The molecule has 7 nitrogen and oxygen atoms in total. The maximum Gasteiger partial charge on any atom is 0.316 e. The van der Waals surface area contributed by atoms with Gasteiger partial charge in [0.05, 0.1) is 23.6 Å². The molecule has 32 heavy (non-hydrogen) atoms. The number of carbonyl (C=O) groups is 2. The minimum Gasteiger partial charge on any atom is -0.465 e. The number of esters is 1. The third-order valence-electron chi connectivity index (χ3n) is 7.47. The van der Waals surface area contributed by atoms with Crippen LogP contribution in [0.5, 0.6) is 0 Å². The number of Topliss-reactive ketones (excluding diaryl/α,β-unsaturated/α-hetero) is 1. The summed E-state index contributed by atoms with van der Waals surface area (Å²) in [6, 6.07) is 0. The average Bonchev–Trinajstić information content (AvgIpc) is 3.18. The molecule has 0 aromatic heterocycles. The number of rotatable bonds is 9. The van der Waals surface area contributed by atoms with Crippen molar-refractivity contribution in [2.75, 3.05) is 32.8 Å². The lowest BCUT2D eigenvalue weighted by atomic mass is 9.54. The van der Waals surface area contributed by atoms with Crippen LogP contribution >= 0.6 is 15.9 Å². The predicted octanol–water partition coefficient (Wildman–Crippen LogP) is 2.27. The van der Waals surface area contributed by atoms with Crippen molar-refractivity contribution in [3.63, 3.8) is 0 Å². The molecule has 3 rings (SSSR count). The summed E-state index contributed by atoms with van der Waals surface area (Å²) < 4.78 is 4.79. The maximum absolute atomic E-state index is 13.3. The first-order valence-corrected chi connectivity index (χ1v) is 12.5. The van der Waals surface area contributed by atoms with E-state index in [1.807, 2.05) is 13.0 Å². The summed E-state index contributed by atoms with van der Waals surface area (Å²) >= 11 is 3.86. The van der Waals surface area contributed by atoms with Gasteiger partial charge in [0, 0.05) is 31.5 Å². The predicted molar refractivity (Wildman–Crippen MR) is 124 cm³/mol. The number of ketones is 1. The number of halogens is 1. The highest BCUT2D eigenvalue weighted by molar-refractivity contribution is 9.10. The number of aliphatic hydroxyl groups is 3. The lowest BCUT2D eigenvalue weighted by molar-refractivity contribution is -0.207. The fourth-order valence-corrected chi connectivity index (χ4v) is 6.91. The van der Waals surface area contributed by atoms with E-state index in [0.717, 1.165) is 13.0 Å². The molecular formula is C24H36BrNO6. The molecule has 0 aromatic carbocycles. The molecule has 2 fully saturated rings. The van der Waals surface area contributed by atoms with Gasteiger partial charge in [-0.05, 0) is 44.7 Å². The maximum atomic E-state index is 13.3. The Balaban J connectivity index is 2.04. The van der Waals surface area contributed by atoms with E-state index >= 15 is 0 Å². The normalized spacial score (nSPS) is 34.4. The Labute approximate surface area is 198 Å². The van der Waals surface area contributed by atoms with E-state index in [-0.39, 0.29) is 31.2 Å². The zero-order valence-electron chi connectivity index (χ0n) is 19.1. The molecule has 1 saturated heterocycles. The SMILES string of the molecule is CCOC(=O)[C@]12CCC[C@](Br)(CN(CC)C1)[C@]2(O)C/C=C(/CC(O)CO)C1=CCCC1=O. The Morgan fingerprint density at radius 1 is 1.34 bits per heavy atom. The van der Waals surface area contributed by atoms with Gasteiger partial charge in [0.25, 0.3) is 0 Å². The molecule has 1 saturated carbocycles. The van der Waals surface area contributed by atoms with Gasteiger partial charge >= 0.3 is 5.97 Å². The van der Waals surface area contributed by atoms with Gasteiger partial charge in [-0.25, -0.2) is 0 Å². The molecule has 2 aliphatic carbocycles. The standard InChI is InChI=1S/C24H36BrNO6/c1-3-26-15-22(21(30)32-4-2)10-6-11-23(25,16-26)24(22,31)12-9-17(13-18(28)14-27)19-7-5-8-20(19)29/h7,9,18,27-28,31H,3-6,8,10-16H2,1-2H3/b17-9-/t18?,22-,23-,24-/m0/s1. The summed E-state index contributed by atoms with van der Waals surface area (Å²) in [7, 11) is 0. The van der Waals surface area contributed by atoms with E-state index in [4.69, 9.17) is 4.74 Å². The van der Waals surface area contributed by atoms with Crippen molar-refractivity contribution in [3.05, 3.63) is 23.3 Å². The first kappa shape index (κ1) is 25.6. The second kappa shape index (κ2) is 10.1. The van der Waals surface area contributed by atoms with Crippen LogP contribution in [-0.4, -0.2) is 80.8 Å². The van der Waals surface area contributed by atoms with Gasteiger partial charge < -0.3 is 25.0 Å². The third kappa shape index (κ3) is 4.37. The lowest BCUT2D eigenvalue weighted by Gasteiger charge is -2.62. The van der Waals surface area contributed by atoms with Crippen LogP contribution < -0.4 is 0 Å². The van der Waals surface area contributed by atoms with Crippen molar-refractivity contribution >= 4 is 27.7 Å². The molecular weight excluding hydrogens is 478 g/mol. The van der Waals surface area contributed by atoms with E-state index in [2.05, 4.69) is 20.8 Å². The number of alkyl halides is 1. The van der Waals surface area contributed by atoms with Crippen LogP contribution in [0, 0.1) is 5.41 Å². The zero-order valence-corrected chi connectivity index (χ0v) is 20.7. The van der Waals surface area contributed by atoms with Crippen molar-refractivity contribution in [1.29, 1.82) is 0 Å². The number of nitrogens with zero attached hydrogens (tertiary/aromatic N) is 1. The van der Waals surface area contributed by atoms with Crippen LogP contribution in [0.15, 0.2) is 23.3 Å². The fourth-order valence-electron chi connectivity index (χ4n) is 5.73. The number of hydrogen-bond acceptors (Lipinski definition) is 7. The molecule has 0 radical (unpaired) electrons. The highest BCUT2D eigenvalue weighted by atomic mass is 79.9. The fraction of sp³-hybridized carbons (Fsp3) is 0.750. The summed E-state index contributed by atoms with van der Waals surface area (Å²) in [5, 5.41) is 31.7. The van der Waals surface area contributed by atoms with Crippen molar-refractivity contribution in [1.82, 2.24) is 4.90 Å². The summed E-state index contributed by atoms with van der Waals surface area (Å²) in [4.78, 5) is 27.9. The number of hydrogen-bond donors (Lipinski definition) is 3. The lowest BCUT2D eigenvalue weighted by Crippen LogP contribution is -2.75. The van der Waals surface area contributed by atoms with Crippen molar-refractivity contribution < 1.29 is 29.6 Å². The number of ether oxygens (including phenoxy) is 1. The summed E-state index contributed by atoms with van der Waals surface area (Å²) in [5.41, 5.74) is -1.35. The topological polar surface area (TPSA) is 107 Å². The summed E-state index contributed by atoms with van der Waals surface area (Å²) in [6.07, 6.45) is 6.02. The molecule has 1 heterocycles. The summed E-state index contributed by atoms with van der Waals surface area (Å²) in [5.74, 6) is -0.381. The average molecular weight is 514 g/mol. The molecule has 1 unspecified atom stereocenters. The van der Waals surface area contributed by atoms with Crippen LogP contribution in [0.3, 0.4) is 0 Å². The first-order chi connectivity index (χ1) is 15.2. The smallest absolute Gasteiger partial charge is 0.316 e. The van der Waals surface area contributed by atoms with Gasteiger partial charge in [-0.2, -0.15) is 0 Å². The van der Waals surface area contributed by atoms with Crippen LogP contribution in [0.1, 0.15) is 58.8 Å². The van der Waals surface area contributed by atoms with Gasteiger partial charge in [0.1, 0.15) is 11.0 Å². The number of fused-ring (bicyclic) bond motifs is 2. The number of likely N-dealkylation sites (tertiary alicyclic amines) is 1. The van der Waals surface area contributed by atoms with Gasteiger partial charge in [-0.3, -0.25) is 9.59 Å². The largest absolute Gasteiger partial charge is 0.465 e. The number of aliphatic hydroxyl groups excluding tert-OH is 2. The molecule has 4 atom stereocenters. The molecule has 0 aromatic rings. The van der Waals surface area contributed by atoms with Crippen molar-refractivity contribution in [2.45, 2.75) is 74.8 Å². The first-order valence-electron chi connectivity index (χ1n) is 11.7. The Kier molecular flexibility index (Phi) is 8.03. The van der Waals surface area contributed by atoms with Gasteiger partial charge in [0.2, 0.25) is 0 Å². The molecule has 180 valence electrons. The Hall–Kier alpha value is -1.06. The quantitative estimate of drug-likeness (QED) is 0.320. The van der Waals surface area contributed by atoms with E-state index in [1.54, 1.807) is 13.0 Å².